The highest BCUT2D eigenvalue weighted by Gasteiger charge is 2.05. The first kappa shape index (κ1) is 15.1. The van der Waals surface area contributed by atoms with E-state index in [1.807, 2.05) is 0 Å². The van der Waals surface area contributed by atoms with E-state index in [1.165, 1.54) is 6.92 Å². The number of rotatable bonds is 1. The standard InChI is InChI=1S/C4H7NO.C4H6O2.H2O2/c6-4-2-1-3-5-4;1-3-6-4(2)5;1-2/h1-3H2,(H,5,6);3H,1H2,2H3;1-2H. The summed E-state index contributed by atoms with van der Waals surface area (Å²) in [7, 11) is 0. The van der Waals surface area contributed by atoms with Gasteiger partial charge in [-0.05, 0) is 6.42 Å². The van der Waals surface area contributed by atoms with Gasteiger partial charge in [0.25, 0.3) is 0 Å². The summed E-state index contributed by atoms with van der Waals surface area (Å²) >= 11 is 0. The van der Waals surface area contributed by atoms with Crippen LogP contribution in [0.2, 0.25) is 0 Å². The van der Waals surface area contributed by atoms with Gasteiger partial charge < -0.3 is 10.1 Å². The van der Waals surface area contributed by atoms with Crippen molar-refractivity contribution in [3.63, 3.8) is 0 Å². The van der Waals surface area contributed by atoms with Crippen molar-refractivity contribution in [1.82, 2.24) is 5.32 Å². The number of hydrogen-bond acceptors (Lipinski definition) is 5. The highest BCUT2D eigenvalue weighted by atomic mass is 17.0. The second-order valence-corrected chi connectivity index (χ2v) is 2.23. The first-order valence-electron chi connectivity index (χ1n) is 3.91. The molecule has 14 heavy (non-hydrogen) atoms. The average molecular weight is 205 g/mol. The Morgan fingerprint density at radius 1 is 1.64 bits per heavy atom. The van der Waals surface area contributed by atoms with Crippen LogP contribution >= 0.6 is 0 Å². The zero-order valence-corrected chi connectivity index (χ0v) is 8.02. The van der Waals surface area contributed by atoms with Crippen molar-refractivity contribution >= 4 is 11.9 Å². The Kier molecular flexibility index (Phi) is 12.5. The highest BCUT2D eigenvalue weighted by Crippen LogP contribution is 1.93. The number of ether oxygens (including phenoxy) is 1. The normalized spacial score (nSPS) is 12.4. The van der Waals surface area contributed by atoms with Crippen LogP contribution in [0, 0.1) is 0 Å². The summed E-state index contributed by atoms with van der Waals surface area (Å²) in [5, 5.41) is 14.7. The Bertz CT molecular complexity index is 173. The fourth-order valence-corrected chi connectivity index (χ4v) is 0.682. The van der Waals surface area contributed by atoms with Crippen LogP contribution in [0.15, 0.2) is 12.8 Å². The molecule has 0 unspecified atom stereocenters. The zero-order chi connectivity index (χ0) is 11.4. The summed E-state index contributed by atoms with van der Waals surface area (Å²) < 4.78 is 4.17. The van der Waals surface area contributed by atoms with E-state index < -0.39 is 0 Å². The topological polar surface area (TPSA) is 95.9 Å². The number of carbonyl (C=O) groups excluding carboxylic acids is 2. The van der Waals surface area contributed by atoms with Crippen molar-refractivity contribution in [1.29, 1.82) is 0 Å². The van der Waals surface area contributed by atoms with Gasteiger partial charge in [0.15, 0.2) is 0 Å². The molecule has 0 aromatic heterocycles. The minimum absolute atomic E-state index is 0.204. The first-order chi connectivity index (χ1) is 6.66. The van der Waals surface area contributed by atoms with Gasteiger partial charge in [-0.1, -0.05) is 6.58 Å². The van der Waals surface area contributed by atoms with E-state index in [4.69, 9.17) is 10.5 Å². The van der Waals surface area contributed by atoms with Crippen molar-refractivity contribution in [2.75, 3.05) is 6.54 Å². The maximum Gasteiger partial charge on any atom is 0.307 e. The summed E-state index contributed by atoms with van der Waals surface area (Å²) in [5.74, 6) is -0.125. The van der Waals surface area contributed by atoms with Crippen molar-refractivity contribution in [3.8, 4) is 0 Å². The summed E-state index contributed by atoms with van der Waals surface area (Å²) in [5.41, 5.74) is 0. The maximum atomic E-state index is 10.1. The van der Waals surface area contributed by atoms with E-state index in [9.17, 15) is 9.59 Å². The molecule has 1 heterocycles. The zero-order valence-electron chi connectivity index (χ0n) is 8.02. The van der Waals surface area contributed by atoms with Crippen LogP contribution in [0.1, 0.15) is 19.8 Å². The van der Waals surface area contributed by atoms with E-state index in [0.29, 0.717) is 0 Å². The van der Waals surface area contributed by atoms with Crippen LogP contribution < -0.4 is 5.32 Å². The van der Waals surface area contributed by atoms with Gasteiger partial charge in [0.2, 0.25) is 5.91 Å². The van der Waals surface area contributed by atoms with Gasteiger partial charge in [-0.25, -0.2) is 0 Å². The molecule has 3 N–H and O–H groups in total. The molecule has 0 spiro atoms. The summed E-state index contributed by atoms with van der Waals surface area (Å²) in [6.45, 7) is 5.37. The first-order valence-corrected chi connectivity index (χ1v) is 3.91. The minimum Gasteiger partial charge on any atom is -0.435 e. The number of amides is 1. The lowest BCUT2D eigenvalue weighted by Crippen LogP contribution is -2.12. The van der Waals surface area contributed by atoms with E-state index >= 15 is 0 Å². The molecule has 1 aliphatic heterocycles. The van der Waals surface area contributed by atoms with Crippen LogP contribution in [0.25, 0.3) is 0 Å². The van der Waals surface area contributed by atoms with Gasteiger partial charge in [-0.15, -0.1) is 0 Å². The van der Waals surface area contributed by atoms with Crippen LogP contribution in [0.5, 0.6) is 0 Å². The Labute approximate surface area is 82.1 Å². The molecular formula is C8H15NO5. The van der Waals surface area contributed by atoms with E-state index in [2.05, 4.69) is 16.6 Å². The van der Waals surface area contributed by atoms with Crippen LogP contribution in [-0.4, -0.2) is 28.9 Å². The molecule has 1 fully saturated rings. The fraction of sp³-hybridized carbons (Fsp3) is 0.500. The van der Waals surface area contributed by atoms with E-state index in [0.717, 1.165) is 25.6 Å². The summed E-state index contributed by atoms with van der Waals surface area (Å²) in [4.78, 5) is 19.9. The van der Waals surface area contributed by atoms with Gasteiger partial charge >= 0.3 is 5.97 Å². The number of hydrogen-bond donors (Lipinski definition) is 3. The number of nitrogens with one attached hydrogen (secondary N) is 1. The third kappa shape index (κ3) is 13.2. The Morgan fingerprint density at radius 2 is 2.21 bits per heavy atom. The maximum absolute atomic E-state index is 10.1. The Balaban J connectivity index is 0. The molecule has 6 heteroatoms. The monoisotopic (exact) mass is 205 g/mol. The van der Waals surface area contributed by atoms with Gasteiger partial charge in [-0.3, -0.25) is 20.1 Å². The quantitative estimate of drug-likeness (QED) is 0.252. The predicted octanol–water partition coefficient (Wildman–Crippen LogP) is 0.607. The Hall–Kier alpha value is -1.40. The molecule has 0 radical (unpaired) electrons. The average Bonchev–Trinajstić information content (AvgIpc) is 2.60. The van der Waals surface area contributed by atoms with Crippen molar-refractivity contribution in [2.45, 2.75) is 19.8 Å². The molecule has 82 valence electrons. The lowest BCUT2D eigenvalue weighted by Gasteiger charge is -1.83. The lowest BCUT2D eigenvalue weighted by atomic mass is 10.4. The second kappa shape index (κ2) is 11.6. The molecular weight excluding hydrogens is 190 g/mol. The molecule has 0 bridgehead atoms. The van der Waals surface area contributed by atoms with Crippen LogP contribution in [-0.2, 0) is 14.3 Å². The second-order valence-electron chi connectivity index (χ2n) is 2.23. The van der Waals surface area contributed by atoms with E-state index in [-0.39, 0.29) is 11.9 Å². The molecule has 1 saturated heterocycles. The Morgan fingerprint density at radius 3 is 2.29 bits per heavy atom. The number of esters is 1. The molecule has 1 amide bonds. The van der Waals surface area contributed by atoms with Gasteiger partial charge in [0.05, 0.1) is 6.26 Å². The number of carbonyl (C=O) groups is 2. The lowest BCUT2D eigenvalue weighted by molar-refractivity contribution is -0.176. The summed E-state index contributed by atoms with van der Waals surface area (Å²) in [6.07, 6.45) is 2.86. The van der Waals surface area contributed by atoms with E-state index in [1.54, 1.807) is 0 Å². The molecule has 0 aromatic carbocycles. The van der Waals surface area contributed by atoms with Crippen molar-refractivity contribution in [2.24, 2.45) is 0 Å². The fourth-order valence-electron chi connectivity index (χ4n) is 0.682. The van der Waals surface area contributed by atoms with Crippen LogP contribution in [0.4, 0.5) is 0 Å². The molecule has 1 aliphatic rings. The molecule has 0 atom stereocenters. The van der Waals surface area contributed by atoms with Gasteiger partial charge in [-0.2, -0.15) is 0 Å². The van der Waals surface area contributed by atoms with Crippen molar-refractivity contribution < 1.29 is 24.8 Å². The van der Waals surface area contributed by atoms with Crippen molar-refractivity contribution in [3.05, 3.63) is 12.8 Å². The summed E-state index contributed by atoms with van der Waals surface area (Å²) in [6, 6.07) is 0. The van der Waals surface area contributed by atoms with Crippen LogP contribution in [0.3, 0.4) is 0 Å². The minimum atomic E-state index is -0.329. The van der Waals surface area contributed by atoms with Gasteiger partial charge in [0, 0.05) is 19.9 Å². The third-order valence-electron chi connectivity index (χ3n) is 1.15. The molecule has 1 rings (SSSR count). The SMILES string of the molecule is C=COC(C)=O.O=C1CCCN1.OO. The molecule has 0 aromatic rings. The molecule has 0 saturated carbocycles. The predicted molar refractivity (Wildman–Crippen MR) is 49.5 cm³/mol. The largest absolute Gasteiger partial charge is 0.435 e. The smallest absolute Gasteiger partial charge is 0.307 e. The highest BCUT2D eigenvalue weighted by molar-refractivity contribution is 5.77. The molecule has 0 aliphatic carbocycles. The third-order valence-corrected chi connectivity index (χ3v) is 1.15. The molecule has 6 nitrogen and oxygen atoms in total. The van der Waals surface area contributed by atoms with Gasteiger partial charge in [0.1, 0.15) is 0 Å².